The molecule has 1 aliphatic rings. The van der Waals surface area contributed by atoms with Gasteiger partial charge in [0.25, 0.3) is 0 Å². The summed E-state index contributed by atoms with van der Waals surface area (Å²) in [6.07, 6.45) is 2.76. The molecule has 1 aliphatic carbocycles. The third-order valence-corrected chi connectivity index (χ3v) is 4.13. The maximum Gasteiger partial charge on any atom is 0.242 e. The Balaban J connectivity index is 0.00000144. The maximum absolute atomic E-state index is 12.2. The van der Waals surface area contributed by atoms with Crippen LogP contribution < -0.4 is 5.73 Å². The Morgan fingerprint density at radius 3 is 2.71 bits per heavy atom. The molecule has 0 spiro atoms. The zero-order valence-electron chi connectivity index (χ0n) is 10.0. The van der Waals surface area contributed by atoms with Crippen LogP contribution in [0, 0.1) is 0 Å². The van der Waals surface area contributed by atoms with Crippen molar-refractivity contribution in [2.24, 2.45) is 5.73 Å². The molecule has 0 bridgehead atoms. The van der Waals surface area contributed by atoms with E-state index in [1.807, 2.05) is 23.3 Å². The molecule has 2 rings (SSSR count). The molecule has 17 heavy (non-hydrogen) atoms. The molecule has 1 amide bonds. The average Bonchev–Trinajstić information content (AvgIpc) is 2.74. The number of likely N-dealkylation sites (N-methyl/N-ethyl adjacent to an activating group) is 1. The van der Waals surface area contributed by atoms with Crippen molar-refractivity contribution < 1.29 is 4.79 Å². The third-order valence-electron chi connectivity index (χ3n) is 3.27. The standard InChI is InChI=1S/C12H18N2OS.ClH/c1-2-14(9-10-5-3-8-16-10)11(15)12(13)6-4-7-12;/h3,5,8H,2,4,6-7,9,13H2,1H3;1H. The van der Waals surface area contributed by atoms with E-state index in [1.165, 1.54) is 4.88 Å². The predicted molar refractivity (Wildman–Crippen MR) is 73.4 cm³/mol. The average molecular weight is 275 g/mol. The molecule has 0 radical (unpaired) electrons. The van der Waals surface area contributed by atoms with Gasteiger partial charge < -0.3 is 10.6 Å². The summed E-state index contributed by atoms with van der Waals surface area (Å²) in [5.74, 6) is 0.120. The van der Waals surface area contributed by atoms with Crippen LogP contribution in [0.3, 0.4) is 0 Å². The minimum absolute atomic E-state index is 0. The van der Waals surface area contributed by atoms with Crippen LogP contribution in [-0.2, 0) is 11.3 Å². The lowest BCUT2D eigenvalue weighted by Gasteiger charge is -2.40. The Morgan fingerprint density at radius 1 is 1.59 bits per heavy atom. The van der Waals surface area contributed by atoms with E-state index < -0.39 is 5.54 Å². The highest BCUT2D eigenvalue weighted by Gasteiger charge is 2.42. The SMILES string of the molecule is CCN(Cc1cccs1)C(=O)C1(N)CCC1.Cl. The van der Waals surface area contributed by atoms with Crippen LogP contribution in [0.1, 0.15) is 31.1 Å². The van der Waals surface area contributed by atoms with Crippen LogP contribution in [0.5, 0.6) is 0 Å². The summed E-state index contributed by atoms with van der Waals surface area (Å²) in [4.78, 5) is 15.3. The van der Waals surface area contributed by atoms with Crippen molar-refractivity contribution in [1.29, 1.82) is 0 Å². The van der Waals surface area contributed by atoms with Crippen molar-refractivity contribution >= 4 is 29.7 Å². The second-order valence-electron chi connectivity index (χ2n) is 4.41. The van der Waals surface area contributed by atoms with Crippen LogP contribution in [-0.4, -0.2) is 22.9 Å². The third kappa shape index (κ3) is 3.00. The number of amides is 1. The van der Waals surface area contributed by atoms with Gasteiger partial charge in [-0.1, -0.05) is 6.07 Å². The van der Waals surface area contributed by atoms with E-state index in [9.17, 15) is 4.79 Å². The highest BCUT2D eigenvalue weighted by Crippen LogP contribution is 2.31. The topological polar surface area (TPSA) is 46.3 Å². The zero-order chi connectivity index (χ0) is 11.6. The number of rotatable bonds is 4. The van der Waals surface area contributed by atoms with Gasteiger partial charge >= 0.3 is 0 Å². The Labute approximate surface area is 112 Å². The molecule has 0 saturated heterocycles. The fourth-order valence-electron chi connectivity index (χ4n) is 2.00. The smallest absolute Gasteiger partial charge is 0.242 e. The van der Waals surface area contributed by atoms with Crippen molar-refractivity contribution in [2.45, 2.75) is 38.3 Å². The van der Waals surface area contributed by atoms with E-state index in [-0.39, 0.29) is 18.3 Å². The Hall–Kier alpha value is -0.580. The molecular weight excluding hydrogens is 256 g/mol. The van der Waals surface area contributed by atoms with E-state index in [4.69, 9.17) is 5.73 Å². The summed E-state index contributed by atoms with van der Waals surface area (Å²) < 4.78 is 0. The number of nitrogens with zero attached hydrogens (tertiary/aromatic N) is 1. The summed E-state index contributed by atoms with van der Waals surface area (Å²) in [5.41, 5.74) is 5.50. The van der Waals surface area contributed by atoms with Gasteiger partial charge in [0.05, 0.1) is 12.1 Å². The van der Waals surface area contributed by atoms with Crippen LogP contribution in [0.15, 0.2) is 17.5 Å². The lowest BCUT2D eigenvalue weighted by Crippen LogP contribution is -2.59. The fourth-order valence-corrected chi connectivity index (χ4v) is 2.72. The largest absolute Gasteiger partial charge is 0.336 e. The van der Waals surface area contributed by atoms with Crippen LogP contribution >= 0.6 is 23.7 Å². The quantitative estimate of drug-likeness (QED) is 0.916. The van der Waals surface area contributed by atoms with E-state index in [1.54, 1.807) is 11.3 Å². The summed E-state index contributed by atoms with van der Waals surface area (Å²) in [6, 6.07) is 4.07. The van der Waals surface area contributed by atoms with Gasteiger partial charge in [-0.3, -0.25) is 4.79 Å². The Bertz CT molecular complexity index is 363. The first-order chi connectivity index (χ1) is 7.65. The van der Waals surface area contributed by atoms with Crippen LogP contribution in [0.4, 0.5) is 0 Å². The highest BCUT2D eigenvalue weighted by atomic mass is 35.5. The number of hydrogen-bond acceptors (Lipinski definition) is 3. The molecule has 1 saturated carbocycles. The van der Waals surface area contributed by atoms with Crippen LogP contribution in [0.2, 0.25) is 0 Å². The maximum atomic E-state index is 12.2. The molecule has 1 aromatic heterocycles. The fraction of sp³-hybridized carbons (Fsp3) is 0.583. The molecule has 5 heteroatoms. The number of hydrogen-bond donors (Lipinski definition) is 1. The van der Waals surface area contributed by atoms with Gasteiger partial charge in [-0.25, -0.2) is 0 Å². The highest BCUT2D eigenvalue weighted by molar-refractivity contribution is 7.09. The minimum atomic E-state index is -0.562. The lowest BCUT2D eigenvalue weighted by molar-refractivity contribution is -0.140. The molecule has 2 N–H and O–H groups in total. The van der Waals surface area contributed by atoms with Crippen molar-refractivity contribution in [3.8, 4) is 0 Å². The summed E-state index contributed by atoms with van der Waals surface area (Å²) >= 11 is 1.69. The molecule has 1 fully saturated rings. The van der Waals surface area contributed by atoms with Crippen molar-refractivity contribution in [1.82, 2.24) is 4.90 Å². The molecule has 0 aromatic carbocycles. The summed E-state index contributed by atoms with van der Waals surface area (Å²) in [6.45, 7) is 3.44. The molecule has 0 aliphatic heterocycles. The molecule has 1 heterocycles. The van der Waals surface area contributed by atoms with Gasteiger partial charge in [0, 0.05) is 11.4 Å². The molecule has 1 aromatic rings. The first kappa shape index (κ1) is 14.5. The normalized spacial score (nSPS) is 16.8. The molecule has 0 unspecified atom stereocenters. The van der Waals surface area contributed by atoms with Gasteiger partial charge in [0.1, 0.15) is 0 Å². The summed E-state index contributed by atoms with van der Waals surface area (Å²) in [7, 11) is 0. The number of carbonyl (C=O) groups is 1. The van der Waals surface area contributed by atoms with E-state index in [2.05, 4.69) is 6.07 Å². The predicted octanol–water partition coefficient (Wildman–Crippen LogP) is 2.40. The van der Waals surface area contributed by atoms with Crippen molar-refractivity contribution in [2.75, 3.05) is 6.54 Å². The van der Waals surface area contributed by atoms with Gasteiger partial charge in [-0.2, -0.15) is 0 Å². The Morgan fingerprint density at radius 2 is 2.29 bits per heavy atom. The molecule has 3 nitrogen and oxygen atoms in total. The van der Waals surface area contributed by atoms with Crippen LogP contribution in [0.25, 0.3) is 0 Å². The molecule has 96 valence electrons. The monoisotopic (exact) mass is 274 g/mol. The number of carbonyl (C=O) groups excluding carboxylic acids is 1. The molecule has 0 atom stereocenters. The van der Waals surface area contributed by atoms with Crippen molar-refractivity contribution in [3.05, 3.63) is 22.4 Å². The second kappa shape index (κ2) is 5.85. The van der Waals surface area contributed by atoms with Gasteiger partial charge in [-0.15, -0.1) is 23.7 Å². The Kier molecular flexibility index (Phi) is 4.98. The molecular formula is C12H19ClN2OS. The van der Waals surface area contributed by atoms with Crippen molar-refractivity contribution in [3.63, 3.8) is 0 Å². The van der Waals surface area contributed by atoms with Gasteiger partial charge in [0.2, 0.25) is 5.91 Å². The number of thiophene rings is 1. The first-order valence-electron chi connectivity index (χ1n) is 5.76. The zero-order valence-corrected chi connectivity index (χ0v) is 11.6. The number of halogens is 1. The van der Waals surface area contributed by atoms with Gasteiger partial charge in [0.15, 0.2) is 0 Å². The summed E-state index contributed by atoms with van der Waals surface area (Å²) in [5, 5.41) is 2.04. The van der Waals surface area contributed by atoms with E-state index >= 15 is 0 Å². The van der Waals surface area contributed by atoms with E-state index in [0.717, 1.165) is 25.8 Å². The van der Waals surface area contributed by atoms with E-state index in [0.29, 0.717) is 6.54 Å². The second-order valence-corrected chi connectivity index (χ2v) is 5.44. The van der Waals surface area contributed by atoms with Gasteiger partial charge in [-0.05, 0) is 37.6 Å². The number of nitrogens with two attached hydrogens (primary N) is 1. The lowest BCUT2D eigenvalue weighted by atomic mass is 9.76. The first-order valence-corrected chi connectivity index (χ1v) is 6.64. The minimum Gasteiger partial charge on any atom is -0.336 e.